The van der Waals surface area contributed by atoms with Crippen molar-refractivity contribution < 1.29 is 8.42 Å². The predicted molar refractivity (Wildman–Crippen MR) is 270 cm³/mol. The van der Waals surface area contributed by atoms with Crippen LogP contribution in [0.2, 0.25) is 0 Å². The highest BCUT2D eigenvalue weighted by molar-refractivity contribution is 8.31. The van der Waals surface area contributed by atoms with Crippen molar-refractivity contribution >= 4 is 119 Å². The summed E-state index contributed by atoms with van der Waals surface area (Å²) in [7, 11) is 4.81. The summed E-state index contributed by atoms with van der Waals surface area (Å²) in [5.74, 6) is 2.30. The van der Waals surface area contributed by atoms with Gasteiger partial charge in [0, 0.05) is 84.7 Å². The zero-order chi connectivity index (χ0) is 43.8. The van der Waals surface area contributed by atoms with Crippen LogP contribution in [0.5, 0.6) is 0 Å². The summed E-state index contributed by atoms with van der Waals surface area (Å²) in [4.78, 5) is 43.7. The Bertz CT molecular complexity index is 3690. The molecule has 11 aromatic rings. The number of benzene rings is 4. The van der Waals surface area contributed by atoms with Crippen LogP contribution in [0, 0.1) is 0 Å². The third kappa shape index (κ3) is 7.54. The molecule has 0 saturated heterocycles. The van der Waals surface area contributed by atoms with Gasteiger partial charge in [-0.3, -0.25) is 0 Å². The van der Waals surface area contributed by atoms with E-state index in [-0.39, 0.29) is 0 Å². The van der Waals surface area contributed by atoms with Crippen LogP contribution < -0.4 is 0 Å². The number of hydrogen-bond acceptors (Lipinski definition) is 12. The fraction of sp³-hybridized carbons (Fsp3) is 0. The first-order chi connectivity index (χ1) is 31.7. The Hall–Kier alpha value is -6.43. The Kier molecular flexibility index (Phi) is 9.82. The highest BCUT2D eigenvalue weighted by atomic mass is 36.0. The van der Waals surface area contributed by atoms with E-state index in [0.29, 0.717) is 45.9 Å². The van der Waals surface area contributed by atoms with Crippen molar-refractivity contribution in [3.05, 3.63) is 143 Å². The molecule has 0 amide bonds. The molecule has 0 saturated carbocycles. The highest BCUT2D eigenvalue weighted by Crippen LogP contribution is 2.42. The summed E-state index contributed by atoms with van der Waals surface area (Å²) in [6, 6.07) is 42.7. The fourth-order valence-corrected chi connectivity index (χ4v) is 11.1. The van der Waals surface area contributed by atoms with E-state index in [4.69, 9.17) is 38.3 Å². The van der Waals surface area contributed by atoms with Gasteiger partial charge < -0.3 is 9.97 Å². The quantitative estimate of drug-likeness (QED) is 0.166. The van der Waals surface area contributed by atoms with E-state index in [1.54, 1.807) is 45.3 Å². The van der Waals surface area contributed by atoms with E-state index in [1.165, 1.54) is 19.5 Å². The van der Waals surface area contributed by atoms with Gasteiger partial charge in [0.1, 0.15) is 22.6 Å². The van der Waals surface area contributed by atoms with Gasteiger partial charge in [-0.2, -0.15) is 8.42 Å². The molecule has 8 bridgehead atoms. The first-order valence-electron chi connectivity index (χ1n) is 19.9. The highest BCUT2D eigenvalue weighted by Gasteiger charge is 2.24. The smallest absolute Gasteiger partial charge is 0.317 e. The summed E-state index contributed by atoms with van der Waals surface area (Å²) in [6.07, 6.45) is 0. The lowest BCUT2D eigenvalue weighted by Crippen LogP contribution is -1.84. The van der Waals surface area contributed by atoms with Gasteiger partial charge in [-0.15, -0.1) is 45.3 Å². The van der Waals surface area contributed by atoms with Crippen LogP contribution in [0.3, 0.4) is 0 Å². The zero-order valence-electron chi connectivity index (χ0n) is 33.2. The van der Waals surface area contributed by atoms with E-state index in [1.807, 2.05) is 0 Å². The van der Waals surface area contributed by atoms with Gasteiger partial charge in [0.15, 0.2) is 23.3 Å². The van der Waals surface area contributed by atoms with Gasteiger partial charge in [-0.25, -0.2) is 29.9 Å². The van der Waals surface area contributed by atoms with E-state index < -0.39 is 8.26 Å². The van der Waals surface area contributed by atoms with Gasteiger partial charge in [-0.1, -0.05) is 48.5 Å². The summed E-state index contributed by atoms with van der Waals surface area (Å²) in [5, 5.41) is 12.1. The van der Waals surface area contributed by atoms with Crippen molar-refractivity contribution in [2.75, 3.05) is 0 Å². The molecule has 2 N–H and O–H groups in total. The van der Waals surface area contributed by atoms with Crippen LogP contribution in [0.1, 0.15) is 0 Å². The molecule has 0 unspecified atom stereocenters. The second-order valence-electron chi connectivity index (χ2n) is 14.9. The molecule has 4 aromatic carbocycles. The molecule has 10 nitrogen and oxygen atoms in total. The Morgan fingerprint density at radius 1 is 0.369 bits per heavy atom. The average molecular weight is 978 g/mol. The molecule has 2 aliphatic heterocycles. The maximum Gasteiger partial charge on any atom is 0.317 e. The third-order valence-corrected chi connectivity index (χ3v) is 14.7. The van der Waals surface area contributed by atoms with Gasteiger partial charge >= 0.3 is 8.26 Å². The summed E-state index contributed by atoms with van der Waals surface area (Å²) in [6.45, 7) is 0. The largest absolute Gasteiger partial charge is 0.324 e. The van der Waals surface area contributed by atoms with Crippen LogP contribution in [-0.2, 0) is 8.26 Å². The number of aromatic amines is 2. The summed E-state index contributed by atoms with van der Waals surface area (Å²) < 4.78 is 18.3. The number of H-pyrrole nitrogens is 2. The molecule has 314 valence electrons. The SMILES string of the molecule is O=S(=O)(Cl)Cl.c1csc(-c2ccc3c(c2)-c2nc-3nc3[nH]c(nc4nc(nc5[nH]c(n2)c2ccc(-c6cccs6)cc52)-c2ccc(-c5cccs5)cc2-4)c2ccc(-c4cccs4)cc32)c1. The minimum atomic E-state index is -3.72. The molecule has 0 spiro atoms. The lowest BCUT2D eigenvalue weighted by Gasteiger charge is -2.03. The van der Waals surface area contributed by atoms with Crippen molar-refractivity contribution in [3.63, 3.8) is 0 Å². The molecule has 17 heteroatoms. The van der Waals surface area contributed by atoms with Crippen molar-refractivity contribution in [1.82, 2.24) is 39.9 Å². The molecule has 7 aromatic heterocycles. The van der Waals surface area contributed by atoms with Crippen molar-refractivity contribution in [1.29, 1.82) is 0 Å². The Morgan fingerprint density at radius 3 is 1.02 bits per heavy atom. The zero-order valence-corrected chi connectivity index (χ0v) is 38.7. The van der Waals surface area contributed by atoms with E-state index in [2.05, 4.69) is 174 Å². The van der Waals surface area contributed by atoms with Crippen molar-refractivity contribution in [2.45, 2.75) is 0 Å². The summed E-state index contributed by atoms with van der Waals surface area (Å²) in [5.41, 5.74) is 10.7. The van der Waals surface area contributed by atoms with E-state index >= 15 is 0 Å². The number of aromatic nitrogens is 8. The van der Waals surface area contributed by atoms with Gasteiger partial charge in [-0.05, 0) is 117 Å². The van der Waals surface area contributed by atoms with Crippen LogP contribution >= 0.6 is 66.7 Å². The van der Waals surface area contributed by atoms with Crippen molar-refractivity contribution in [3.8, 4) is 87.3 Å². The molecule has 2 aliphatic rings. The Balaban J connectivity index is 0.000000846. The molecule has 0 atom stereocenters. The van der Waals surface area contributed by atoms with Gasteiger partial charge in [0.2, 0.25) is 0 Å². The molecule has 0 radical (unpaired) electrons. The van der Waals surface area contributed by atoms with Crippen molar-refractivity contribution in [2.24, 2.45) is 0 Å². The first-order valence-corrected chi connectivity index (χ1v) is 26.5. The monoisotopic (exact) mass is 976 g/mol. The maximum atomic E-state index is 9.16. The van der Waals surface area contributed by atoms with Crippen LogP contribution in [0.15, 0.2) is 143 Å². The van der Waals surface area contributed by atoms with Gasteiger partial charge in [0.05, 0.1) is 0 Å². The Morgan fingerprint density at radius 2 is 0.677 bits per heavy atom. The number of fused-ring (bicyclic) bond motifs is 20. The minimum absolute atomic E-state index is 0.574. The van der Waals surface area contributed by atoms with Crippen LogP contribution in [0.4, 0.5) is 0 Å². The predicted octanol–water partition coefficient (Wildman–Crippen LogP) is 14.5. The number of rotatable bonds is 4. The average Bonchev–Trinajstić information content (AvgIpc) is 4.15. The standard InChI is InChI=1S/C48H26N8S4.Cl2O2S/c1-5-37(57-17-1)25-9-13-29-33(21-25)45-49-41(29)54-46-35-23-27(39-7-3-19-59-39)11-15-31(35)43(51-46)56-48-36-24-28(40-8-4-20-60-40)12-16-32(36)44(52-48)55-47-34-22-26(38-6-2-18-58-38)10-14-30(34)42(50-47)53-45;1-5(2,3)4/h1-24H,(H2,49,50,51,52,53,54,55,56);. The molecule has 0 aliphatic carbocycles. The van der Waals surface area contributed by atoms with E-state index in [9.17, 15) is 0 Å². The lowest BCUT2D eigenvalue weighted by atomic mass is 10.0. The molecule has 9 heterocycles. The topological polar surface area (TPSA) is 143 Å². The number of nitrogens with one attached hydrogen (secondary N) is 2. The molecule has 0 fully saturated rings. The number of hydrogen-bond donors (Lipinski definition) is 2. The minimum Gasteiger partial charge on any atom is -0.324 e. The summed E-state index contributed by atoms with van der Waals surface area (Å²) >= 11 is 6.84. The Labute approximate surface area is 394 Å². The number of halogens is 2. The van der Waals surface area contributed by atoms with Crippen LogP contribution in [-0.4, -0.2) is 48.3 Å². The molecule has 13 rings (SSSR count). The number of thiophene rings is 4. The second kappa shape index (κ2) is 15.9. The maximum absolute atomic E-state index is 9.16. The second-order valence-corrected chi connectivity index (χ2v) is 22.4. The number of nitrogens with zero attached hydrogens (tertiary/aromatic N) is 6. The van der Waals surface area contributed by atoms with E-state index in [0.717, 1.165) is 66.1 Å². The first kappa shape index (κ1) is 40.1. The van der Waals surface area contributed by atoms with Crippen LogP contribution in [0.25, 0.3) is 131 Å². The molecular weight excluding hydrogens is 952 g/mol. The molecular formula is C48H26Cl2N8O2S5. The molecule has 65 heavy (non-hydrogen) atoms. The lowest BCUT2D eigenvalue weighted by molar-refractivity contribution is 0.621. The fourth-order valence-electron chi connectivity index (χ4n) is 8.18. The van der Waals surface area contributed by atoms with Gasteiger partial charge in [0.25, 0.3) is 0 Å². The normalized spacial score (nSPS) is 12.0. The third-order valence-electron chi connectivity index (χ3n) is 11.1.